The molecule has 27 heavy (non-hydrogen) atoms. The minimum absolute atomic E-state index is 0.0503. The van der Waals surface area contributed by atoms with Gasteiger partial charge in [-0.2, -0.15) is 0 Å². The molecule has 1 atom stereocenters. The van der Waals surface area contributed by atoms with E-state index in [-0.39, 0.29) is 18.1 Å². The zero-order chi connectivity index (χ0) is 19.9. The predicted octanol–water partition coefficient (Wildman–Crippen LogP) is 2.06. The smallest absolute Gasteiger partial charge is 0.181 e. The Bertz CT molecular complexity index is 832. The highest BCUT2D eigenvalue weighted by Crippen LogP contribution is 2.30. The molecule has 8 heteroatoms. The van der Waals surface area contributed by atoms with Crippen molar-refractivity contribution in [1.29, 1.82) is 0 Å². The Kier molecular flexibility index (Phi) is 7.46. The third-order valence-electron chi connectivity index (χ3n) is 3.86. The van der Waals surface area contributed by atoms with Gasteiger partial charge in [0.25, 0.3) is 0 Å². The van der Waals surface area contributed by atoms with Crippen molar-refractivity contribution < 1.29 is 32.5 Å². The molecule has 0 saturated heterocycles. The zero-order valence-corrected chi connectivity index (χ0v) is 16.4. The number of aliphatic hydroxyl groups excluding tert-OH is 1. The van der Waals surface area contributed by atoms with Crippen LogP contribution in [0, 0.1) is 0 Å². The molecule has 0 heterocycles. The molecule has 7 nitrogen and oxygen atoms in total. The van der Waals surface area contributed by atoms with Gasteiger partial charge in [-0.3, -0.25) is 0 Å². The zero-order valence-electron chi connectivity index (χ0n) is 15.5. The molecule has 0 aliphatic heterocycles. The molecule has 1 N–H and O–H groups in total. The summed E-state index contributed by atoms with van der Waals surface area (Å²) in [5.41, 5.74) is 0.894. The van der Waals surface area contributed by atoms with Gasteiger partial charge in [0.05, 0.1) is 51.3 Å². The first-order valence-electron chi connectivity index (χ1n) is 8.23. The lowest BCUT2D eigenvalue weighted by atomic mass is 10.2. The number of sulfone groups is 1. The van der Waals surface area contributed by atoms with Crippen molar-refractivity contribution in [1.82, 2.24) is 0 Å². The van der Waals surface area contributed by atoms with E-state index in [1.165, 1.54) is 32.4 Å². The van der Waals surface area contributed by atoms with Gasteiger partial charge in [-0.1, -0.05) is 12.1 Å². The van der Waals surface area contributed by atoms with Crippen LogP contribution in [0.15, 0.2) is 47.4 Å². The number of hydrogen-bond acceptors (Lipinski definition) is 7. The first-order chi connectivity index (χ1) is 12.9. The topological polar surface area (TPSA) is 91.3 Å². The van der Waals surface area contributed by atoms with Crippen LogP contribution < -0.4 is 14.2 Å². The second-order valence-corrected chi connectivity index (χ2v) is 7.85. The highest BCUT2D eigenvalue weighted by Gasteiger charge is 2.21. The molecule has 2 aromatic carbocycles. The van der Waals surface area contributed by atoms with Gasteiger partial charge >= 0.3 is 0 Å². The molecule has 0 radical (unpaired) electrons. The molecule has 0 bridgehead atoms. The number of aliphatic hydroxyl groups is 1. The average Bonchev–Trinajstić information content (AvgIpc) is 2.67. The Labute approximate surface area is 159 Å². The van der Waals surface area contributed by atoms with Crippen molar-refractivity contribution in [2.24, 2.45) is 0 Å². The number of hydrogen-bond donors (Lipinski definition) is 1. The number of rotatable bonds is 10. The second kappa shape index (κ2) is 9.59. The van der Waals surface area contributed by atoms with Crippen LogP contribution in [0.4, 0.5) is 0 Å². The number of methoxy groups -OCH3 is 3. The maximum atomic E-state index is 12.5. The SMILES string of the molecule is COc1ccc(COCC(O)CS(=O)(=O)c2ccc(OC)c(OC)c2)cc1. The predicted molar refractivity (Wildman–Crippen MR) is 100 cm³/mol. The van der Waals surface area contributed by atoms with Gasteiger partial charge in [0.15, 0.2) is 21.3 Å². The third kappa shape index (κ3) is 5.85. The summed E-state index contributed by atoms with van der Waals surface area (Å²) in [4.78, 5) is 0.0503. The number of benzene rings is 2. The Balaban J connectivity index is 1.92. The summed E-state index contributed by atoms with van der Waals surface area (Å²) >= 11 is 0. The normalized spacial score (nSPS) is 12.4. The van der Waals surface area contributed by atoms with E-state index < -0.39 is 21.7 Å². The highest BCUT2D eigenvalue weighted by molar-refractivity contribution is 7.91. The van der Waals surface area contributed by atoms with E-state index in [1.807, 2.05) is 12.1 Å². The molecule has 0 aliphatic carbocycles. The molecule has 0 aliphatic rings. The summed E-state index contributed by atoms with van der Waals surface area (Å²) in [6.07, 6.45) is -1.15. The van der Waals surface area contributed by atoms with Gasteiger partial charge in [0.1, 0.15) is 5.75 Å². The minimum atomic E-state index is -3.70. The Morgan fingerprint density at radius 1 is 0.926 bits per heavy atom. The van der Waals surface area contributed by atoms with E-state index in [4.69, 9.17) is 18.9 Å². The summed E-state index contributed by atoms with van der Waals surface area (Å²) in [5.74, 6) is 1.02. The Morgan fingerprint density at radius 3 is 2.19 bits per heavy atom. The minimum Gasteiger partial charge on any atom is -0.497 e. The van der Waals surface area contributed by atoms with Crippen LogP contribution in [0.1, 0.15) is 5.56 Å². The van der Waals surface area contributed by atoms with Crippen LogP contribution in [0.5, 0.6) is 17.2 Å². The fraction of sp³-hybridized carbons (Fsp3) is 0.368. The monoisotopic (exact) mass is 396 g/mol. The highest BCUT2D eigenvalue weighted by atomic mass is 32.2. The molecule has 0 fully saturated rings. The molecule has 0 amide bonds. The fourth-order valence-electron chi connectivity index (χ4n) is 2.44. The van der Waals surface area contributed by atoms with E-state index in [9.17, 15) is 13.5 Å². The first kappa shape index (κ1) is 21.0. The van der Waals surface area contributed by atoms with Gasteiger partial charge in [0, 0.05) is 6.07 Å². The summed E-state index contributed by atoms with van der Waals surface area (Å²) < 4.78 is 45.7. The molecule has 2 rings (SSSR count). The third-order valence-corrected chi connectivity index (χ3v) is 5.66. The van der Waals surface area contributed by atoms with E-state index in [1.54, 1.807) is 19.2 Å². The fourth-order valence-corrected chi connectivity index (χ4v) is 3.80. The van der Waals surface area contributed by atoms with Crippen LogP contribution >= 0.6 is 0 Å². The molecule has 0 spiro atoms. The first-order valence-corrected chi connectivity index (χ1v) is 9.88. The summed E-state index contributed by atoms with van der Waals surface area (Å²) in [7, 11) is 0.776. The van der Waals surface area contributed by atoms with Crippen molar-refractivity contribution in [3.63, 3.8) is 0 Å². The lowest BCUT2D eigenvalue weighted by molar-refractivity contribution is 0.0390. The lowest BCUT2D eigenvalue weighted by Crippen LogP contribution is -2.25. The van der Waals surface area contributed by atoms with Crippen molar-refractivity contribution in [2.75, 3.05) is 33.7 Å². The summed E-state index contributed by atoms with van der Waals surface area (Å²) in [5, 5.41) is 10.1. The molecular weight excluding hydrogens is 372 g/mol. The van der Waals surface area contributed by atoms with Crippen molar-refractivity contribution >= 4 is 9.84 Å². The maximum Gasteiger partial charge on any atom is 0.181 e. The molecule has 0 aromatic heterocycles. The van der Waals surface area contributed by atoms with Crippen LogP contribution in [0.3, 0.4) is 0 Å². The molecule has 148 valence electrons. The largest absolute Gasteiger partial charge is 0.497 e. The summed E-state index contributed by atoms with van der Waals surface area (Å²) in [6, 6.07) is 11.6. The van der Waals surface area contributed by atoms with Gasteiger partial charge < -0.3 is 24.1 Å². The van der Waals surface area contributed by atoms with E-state index >= 15 is 0 Å². The van der Waals surface area contributed by atoms with E-state index in [0.717, 1.165) is 11.3 Å². The average molecular weight is 396 g/mol. The van der Waals surface area contributed by atoms with E-state index in [2.05, 4.69) is 0 Å². The Hall–Kier alpha value is -2.29. The molecular formula is C19H24O7S. The van der Waals surface area contributed by atoms with Crippen molar-refractivity contribution in [3.05, 3.63) is 48.0 Å². The van der Waals surface area contributed by atoms with Crippen molar-refractivity contribution in [2.45, 2.75) is 17.6 Å². The quantitative estimate of drug-likeness (QED) is 0.657. The Morgan fingerprint density at radius 2 is 1.59 bits per heavy atom. The molecule has 2 aromatic rings. The van der Waals surface area contributed by atoms with Crippen LogP contribution in [0.25, 0.3) is 0 Å². The second-order valence-electron chi connectivity index (χ2n) is 5.82. The lowest BCUT2D eigenvalue weighted by Gasteiger charge is -2.14. The van der Waals surface area contributed by atoms with Crippen LogP contribution in [-0.4, -0.2) is 53.3 Å². The number of ether oxygens (including phenoxy) is 4. The van der Waals surface area contributed by atoms with Gasteiger partial charge in [-0.05, 0) is 29.8 Å². The summed E-state index contributed by atoms with van der Waals surface area (Å²) in [6.45, 7) is 0.163. The van der Waals surface area contributed by atoms with Crippen molar-refractivity contribution in [3.8, 4) is 17.2 Å². The maximum absolute atomic E-state index is 12.5. The molecule has 1 unspecified atom stereocenters. The van der Waals surface area contributed by atoms with Gasteiger partial charge in [-0.15, -0.1) is 0 Å². The molecule has 0 saturated carbocycles. The standard InChI is InChI=1S/C19H24O7S/c1-23-16-6-4-14(5-7-16)11-26-12-15(20)13-27(21,22)17-8-9-18(24-2)19(10-17)25-3/h4-10,15,20H,11-13H2,1-3H3. The van der Waals surface area contributed by atoms with Gasteiger partial charge in [0.2, 0.25) is 0 Å². The van der Waals surface area contributed by atoms with Crippen LogP contribution in [0.2, 0.25) is 0 Å². The van der Waals surface area contributed by atoms with Crippen LogP contribution in [-0.2, 0) is 21.2 Å². The van der Waals surface area contributed by atoms with E-state index in [0.29, 0.717) is 11.5 Å². The van der Waals surface area contributed by atoms with Gasteiger partial charge in [-0.25, -0.2) is 8.42 Å².